The first-order valence-electron chi connectivity index (χ1n) is 8.81. The zero-order valence-corrected chi connectivity index (χ0v) is 17.1. The highest BCUT2D eigenvalue weighted by Gasteiger charge is 2.21. The van der Waals surface area contributed by atoms with E-state index in [1.54, 1.807) is 55.5 Å². The summed E-state index contributed by atoms with van der Waals surface area (Å²) in [5.74, 6) is -0.734. The number of aromatic nitrogens is 6. The summed E-state index contributed by atoms with van der Waals surface area (Å²) in [6, 6.07) is 14.0. The average molecular weight is 441 g/mol. The minimum atomic E-state index is -1.20. The van der Waals surface area contributed by atoms with E-state index in [2.05, 4.69) is 25.4 Å². The first-order valence-corrected chi connectivity index (χ1v) is 9.57. The lowest BCUT2D eigenvalue weighted by molar-refractivity contribution is 0.0688. The number of halogens is 2. The molecule has 0 aliphatic carbocycles. The van der Waals surface area contributed by atoms with E-state index in [9.17, 15) is 9.90 Å². The number of nitrogens with zero attached hydrogens (tertiary/aromatic N) is 6. The van der Waals surface area contributed by atoms with Crippen molar-refractivity contribution in [2.24, 2.45) is 0 Å². The Morgan fingerprint density at radius 1 is 0.933 bits per heavy atom. The van der Waals surface area contributed by atoms with Gasteiger partial charge in [0.25, 0.3) is 0 Å². The van der Waals surface area contributed by atoms with Crippen molar-refractivity contribution in [2.75, 3.05) is 0 Å². The van der Waals surface area contributed by atoms with E-state index in [1.165, 1.54) is 4.80 Å². The van der Waals surface area contributed by atoms with Gasteiger partial charge in [-0.05, 0) is 36.4 Å². The van der Waals surface area contributed by atoms with Gasteiger partial charge in [0.1, 0.15) is 6.54 Å². The molecule has 4 aromatic rings. The molecule has 0 unspecified atom stereocenters. The van der Waals surface area contributed by atoms with E-state index in [0.717, 1.165) is 5.56 Å². The molecule has 0 amide bonds. The van der Waals surface area contributed by atoms with Crippen LogP contribution in [0, 0.1) is 6.92 Å². The van der Waals surface area contributed by atoms with Gasteiger partial charge in [-0.25, -0.2) is 14.8 Å². The van der Waals surface area contributed by atoms with Gasteiger partial charge in [-0.15, -0.1) is 10.2 Å². The third-order valence-electron chi connectivity index (χ3n) is 4.25. The Kier molecular flexibility index (Phi) is 5.43. The molecule has 0 radical (unpaired) electrons. The van der Waals surface area contributed by atoms with Gasteiger partial charge in [0.15, 0.2) is 11.5 Å². The van der Waals surface area contributed by atoms with Gasteiger partial charge in [-0.1, -0.05) is 47.5 Å². The number of carboxylic acid groups (broad SMARTS) is 1. The summed E-state index contributed by atoms with van der Waals surface area (Å²) in [5, 5.41) is 22.7. The van der Waals surface area contributed by atoms with Crippen molar-refractivity contribution in [3.05, 3.63) is 75.8 Å². The summed E-state index contributed by atoms with van der Waals surface area (Å²) in [7, 11) is 0. The van der Waals surface area contributed by atoms with Crippen LogP contribution in [0.15, 0.2) is 48.5 Å². The normalized spacial score (nSPS) is 10.9. The quantitative estimate of drug-likeness (QED) is 0.496. The Labute approximate surface area is 181 Å². The molecule has 150 valence electrons. The zero-order chi connectivity index (χ0) is 21.3. The fraction of sp³-hybridized carbons (Fsp3) is 0.100. The second-order valence-electron chi connectivity index (χ2n) is 6.40. The lowest BCUT2D eigenvalue weighted by atomic mass is 10.0. The summed E-state index contributed by atoms with van der Waals surface area (Å²) >= 11 is 12.0. The summed E-state index contributed by atoms with van der Waals surface area (Å²) in [4.78, 5) is 22.3. The van der Waals surface area contributed by atoms with Crippen LogP contribution < -0.4 is 0 Å². The van der Waals surface area contributed by atoms with Crippen LogP contribution in [0.5, 0.6) is 0 Å². The molecule has 2 heterocycles. The van der Waals surface area contributed by atoms with E-state index in [-0.39, 0.29) is 17.9 Å². The molecule has 0 aliphatic rings. The second kappa shape index (κ2) is 8.17. The average Bonchev–Trinajstić information content (AvgIpc) is 3.13. The molecule has 8 nitrogen and oxygen atoms in total. The third kappa shape index (κ3) is 4.14. The SMILES string of the molecule is Cc1nnn(Cc2nc(-c3ccc(Cl)cc3)c(-c3ccc(Cl)cc3)nc2C(=O)O)n1. The number of benzene rings is 2. The number of tetrazole rings is 1. The van der Waals surface area contributed by atoms with Crippen molar-refractivity contribution in [3.63, 3.8) is 0 Å². The summed E-state index contributed by atoms with van der Waals surface area (Å²) in [6.07, 6.45) is 0. The fourth-order valence-corrected chi connectivity index (χ4v) is 3.15. The van der Waals surface area contributed by atoms with E-state index >= 15 is 0 Å². The van der Waals surface area contributed by atoms with Crippen LogP contribution in [0.1, 0.15) is 22.0 Å². The molecule has 0 bridgehead atoms. The molecule has 1 N–H and O–H groups in total. The fourth-order valence-electron chi connectivity index (χ4n) is 2.89. The number of carboxylic acids is 1. The maximum Gasteiger partial charge on any atom is 0.356 e. The van der Waals surface area contributed by atoms with E-state index in [4.69, 9.17) is 23.2 Å². The lowest BCUT2D eigenvalue weighted by Crippen LogP contribution is -2.15. The molecule has 2 aromatic heterocycles. The van der Waals surface area contributed by atoms with Crippen LogP contribution in [-0.2, 0) is 6.54 Å². The molecular formula is C20H14Cl2N6O2. The number of hydrogen-bond acceptors (Lipinski definition) is 6. The van der Waals surface area contributed by atoms with Crippen molar-refractivity contribution < 1.29 is 9.90 Å². The van der Waals surface area contributed by atoms with E-state index < -0.39 is 5.97 Å². The van der Waals surface area contributed by atoms with Crippen molar-refractivity contribution >= 4 is 29.2 Å². The number of aryl methyl sites for hydroxylation is 1. The standard InChI is InChI=1S/C20H14Cl2N6O2/c1-11-25-27-28(26-11)10-16-19(20(29)30)24-18(13-4-8-15(22)9-5-13)17(23-16)12-2-6-14(21)7-3-12/h2-9H,10H2,1H3,(H,29,30). The second-order valence-corrected chi connectivity index (χ2v) is 7.27. The van der Waals surface area contributed by atoms with Crippen molar-refractivity contribution in [1.82, 2.24) is 30.2 Å². The summed E-state index contributed by atoms with van der Waals surface area (Å²) in [6.45, 7) is 1.70. The maximum absolute atomic E-state index is 11.9. The monoisotopic (exact) mass is 440 g/mol. The molecule has 10 heteroatoms. The van der Waals surface area contributed by atoms with Gasteiger partial charge in [0.2, 0.25) is 0 Å². The van der Waals surface area contributed by atoms with Crippen LogP contribution in [0.2, 0.25) is 10.0 Å². The molecule has 2 aromatic carbocycles. The third-order valence-corrected chi connectivity index (χ3v) is 4.75. The molecule has 0 fully saturated rings. The minimum absolute atomic E-state index is 0.0109. The molecule has 0 aliphatic heterocycles. The lowest BCUT2D eigenvalue weighted by Gasteiger charge is -2.13. The Morgan fingerprint density at radius 3 is 1.93 bits per heavy atom. The van der Waals surface area contributed by atoms with E-state index in [1.807, 2.05) is 0 Å². The summed E-state index contributed by atoms with van der Waals surface area (Å²) < 4.78 is 0. The molecule has 0 saturated heterocycles. The van der Waals surface area contributed by atoms with Gasteiger partial charge in [-0.2, -0.15) is 4.80 Å². The van der Waals surface area contributed by atoms with Crippen molar-refractivity contribution in [3.8, 4) is 22.5 Å². The van der Waals surface area contributed by atoms with Crippen LogP contribution in [-0.4, -0.2) is 41.3 Å². The number of carbonyl (C=O) groups is 1. The van der Waals surface area contributed by atoms with Crippen LogP contribution in [0.3, 0.4) is 0 Å². The first kappa shape index (κ1) is 19.9. The molecule has 4 rings (SSSR count). The van der Waals surface area contributed by atoms with Gasteiger partial charge < -0.3 is 5.11 Å². The maximum atomic E-state index is 11.9. The van der Waals surface area contributed by atoms with Crippen LogP contribution >= 0.6 is 23.2 Å². The highest BCUT2D eigenvalue weighted by atomic mass is 35.5. The van der Waals surface area contributed by atoms with Crippen molar-refractivity contribution in [1.29, 1.82) is 0 Å². The van der Waals surface area contributed by atoms with Gasteiger partial charge in [0, 0.05) is 21.2 Å². The van der Waals surface area contributed by atoms with Crippen LogP contribution in [0.4, 0.5) is 0 Å². The predicted molar refractivity (Wildman–Crippen MR) is 112 cm³/mol. The number of hydrogen-bond donors (Lipinski definition) is 1. The molecule has 0 spiro atoms. The first-order chi connectivity index (χ1) is 14.4. The van der Waals surface area contributed by atoms with Gasteiger partial charge in [0.05, 0.1) is 17.1 Å². The minimum Gasteiger partial charge on any atom is -0.476 e. The topological polar surface area (TPSA) is 107 Å². The molecule has 30 heavy (non-hydrogen) atoms. The smallest absolute Gasteiger partial charge is 0.356 e. The largest absolute Gasteiger partial charge is 0.476 e. The molecule has 0 saturated carbocycles. The van der Waals surface area contributed by atoms with Gasteiger partial charge in [-0.3, -0.25) is 0 Å². The van der Waals surface area contributed by atoms with E-state index in [0.29, 0.717) is 32.8 Å². The highest BCUT2D eigenvalue weighted by molar-refractivity contribution is 6.31. The predicted octanol–water partition coefficient (Wildman–Crippen LogP) is 4.16. The Bertz CT molecular complexity index is 1220. The highest BCUT2D eigenvalue weighted by Crippen LogP contribution is 2.31. The number of rotatable bonds is 5. The number of aromatic carboxylic acids is 1. The Balaban J connectivity index is 1.93. The summed E-state index contributed by atoms with van der Waals surface area (Å²) in [5.41, 5.74) is 2.36. The van der Waals surface area contributed by atoms with Gasteiger partial charge >= 0.3 is 5.97 Å². The molecule has 0 atom stereocenters. The molecular weight excluding hydrogens is 427 g/mol. The Hall–Kier alpha value is -3.36. The van der Waals surface area contributed by atoms with Crippen LogP contribution in [0.25, 0.3) is 22.5 Å². The van der Waals surface area contributed by atoms with Crippen molar-refractivity contribution in [2.45, 2.75) is 13.5 Å². The zero-order valence-electron chi connectivity index (χ0n) is 15.6. The Morgan fingerprint density at radius 2 is 1.47 bits per heavy atom.